The molecule has 8 heteroatoms. The summed E-state index contributed by atoms with van der Waals surface area (Å²) in [6.45, 7) is 4.65. The third-order valence-corrected chi connectivity index (χ3v) is 5.97. The van der Waals surface area contributed by atoms with Crippen molar-refractivity contribution in [3.8, 4) is 0 Å². The second-order valence-corrected chi connectivity index (χ2v) is 9.46. The van der Waals surface area contributed by atoms with Crippen molar-refractivity contribution in [3.63, 3.8) is 0 Å². The molecule has 3 rings (SSSR count). The third kappa shape index (κ3) is 5.81. The van der Waals surface area contributed by atoms with Crippen LogP contribution in [0.1, 0.15) is 32.1 Å². The van der Waals surface area contributed by atoms with Crippen molar-refractivity contribution in [3.05, 3.63) is 12.4 Å². The van der Waals surface area contributed by atoms with Crippen LogP contribution in [0.25, 0.3) is 0 Å². The van der Waals surface area contributed by atoms with Crippen molar-refractivity contribution in [2.45, 2.75) is 38.1 Å². The predicted molar refractivity (Wildman–Crippen MR) is 101 cm³/mol. The lowest BCUT2D eigenvalue weighted by Gasteiger charge is -2.32. The van der Waals surface area contributed by atoms with Crippen LogP contribution in [0, 0.1) is 0 Å². The largest absolute Gasteiger partial charge is 0.367 e. The summed E-state index contributed by atoms with van der Waals surface area (Å²) in [6, 6.07) is 2.44. The normalized spacial score (nSPS) is 20.6. The van der Waals surface area contributed by atoms with Crippen molar-refractivity contribution >= 4 is 21.5 Å². The Balaban J connectivity index is 1.49. The van der Waals surface area contributed by atoms with Gasteiger partial charge in [0.05, 0.1) is 5.75 Å². The second-order valence-electron chi connectivity index (χ2n) is 7.20. The maximum absolute atomic E-state index is 11.3. The molecule has 0 amide bonds. The van der Waals surface area contributed by atoms with Gasteiger partial charge in [-0.25, -0.2) is 18.4 Å². The molecule has 0 saturated carbocycles. The smallest absolute Gasteiger partial charge is 0.148 e. The lowest BCUT2D eigenvalue weighted by molar-refractivity contribution is 0.230. The summed E-state index contributed by atoms with van der Waals surface area (Å²) >= 11 is 0. The van der Waals surface area contributed by atoms with E-state index in [1.165, 1.54) is 25.5 Å². The first-order valence-electron chi connectivity index (χ1n) is 9.23. The highest BCUT2D eigenvalue weighted by Crippen LogP contribution is 2.21. The number of rotatable bonds is 6. The summed E-state index contributed by atoms with van der Waals surface area (Å²) in [5, 5.41) is 3.53. The quantitative estimate of drug-likeness (QED) is 0.814. The number of hydrogen-bond acceptors (Lipinski definition) is 7. The van der Waals surface area contributed by atoms with Crippen LogP contribution in [0.2, 0.25) is 0 Å². The molecule has 0 atom stereocenters. The molecule has 2 aliphatic rings. The standard InChI is InChI=1S/C17H29N5O2S/c1-25(23,24)12-11-21-9-5-15(6-10-21)20-16-13-17(19-14-18-16)22-7-3-2-4-8-22/h13-15H,2-12H2,1H3,(H,18,19,20). The average Bonchev–Trinajstić information content (AvgIpc) is 2.61. The average molecular weight is 368 g/mol. The van der Waals surface area contributed by atoms with Crippen LogP contribution in [0.15, 0.2) is 12.4 Å². The fourth-order valence-corrected chi connectivity index (χ4v) is 4.12. The molecule has 2 fully saturated rings. The fourth-order valence-electron chi connectivity index (χ4n) is 3.53. The van der Waals surface area contributed by atoms with E-state index in [9.17, 15) is 8.42 Å². The lowest BCUT2D eigenvalue weighted by atomic mass is 10.1. The van der Waals surface area contributed by atoms with E-state index >= 15 is 0 Å². The van der Waals surface area contributed by atoms with E-state index < -0.39 is 9.84 Å². The molecular formula is C17H29N5O2S. The summed E-state index contributed by atoms with van der Waals surface area (Å²) in [4.78, 5) is 13.4. The Labute approximate surface area is 150 Å². The molecule has 7 nitrogen and oxygen atoms in total. The number of sulfone groups is 1. The molecule has 0 aliphatic carbocycles. The zero-order valence-electron chi connectivity index (χ0n) is 15.0. The number of likely N-dealkylation sites (tertiary alicyclic amines) is 1. The van der Waals surface area contributed by atoms with Gasteiger partial charge < -0.3 is 15.1 Å². The van der Waals surface area contributed by atoms with Gasteiger partial charge in [-0.15, -0.1) is 0 Å². The van der Waals surface area contributed by atoms with Gasteiger partial charge in [0, 0.05) is 51.1 Å². The van der Waals surface area contributed by atoms with Gasteiger partial charge in [0.25, 0.3) is 0 Å². The molecule has 0 bridgehead atoms. The number of aromatic nitrogens is 2. The summed E-state index contributed by atoms with van der Waals surface area (Å²) in [7, 11) is -2.88. The number of anilines is 2. The van der Waals surface area contributed by atoms with E-state index in [0.717, 1.165) is 50.7 Å². The summed E-state index contributed by atoms with van der Waals surface area (Å²) in [6.07, 6.45) is 8.74. The minimum atomic E-state index is -2.88. The van der Waals surface area contributed by atoms with Crippen LogP contribution in [0.3, 0.4) is 0 Å². The zero-order chi connectivity index (χ0) is 17.7. The number of nitrogens with zero attached hydrogens (tertiary/aromatic N) is 4. The molecular weight excluding hydrogens is 338 g/mol. The van der Waals surface area contributed by atoms with Crippen molar-refractivity contribution in [2.75, 3.05) is 54.9 Å². The highest BCUT2D eigenvalue weighted by Gasteiger charge is 2.20. The Morgan fingerprint density at radius 1 is 1.12 bits per heavy atom. The number of nitrogens with one attached hydrogen (secondary N) is 1. The van der Waals surface area contributed by atoms with E-state index in [-0.39, 0.29) is 5.75 Å². The Morgan fingerprint density at radius 3 is 2.52 bits per heavy atom. The fraction of sp³-hybridized carbons (Fsp3) is 0.765. The molecule has 25 heavy (non-hydrogen) atoms. The SMILES string of the molecule is CS(=O)(=O)CCN1CCC(Nc2cc(N3CCCCC3)ncn2)CC1. The van der Waals surface area contributed by atoms with Gasteiger partial charge in [-0.3, -0.25) is 0 Å². The monoisotopic (exact) mass is 367 g/mol. The van der Waals surface area contributed by atoms with E-state index in [4.69, 9.17) is 0 Å². The first-order valence-corrected chi connectivity index (χ1v) is 11.3. The first-order chi connectivity index (χ1) is 12.0. The number of hydrogen-bond donors (Lipinski definition) is 1. The van der Waals surface area contributed by atoms with E-state index in [1.54, 1.807) is 6.33 Å². The maximum Gasteiger partial charge on any atom is 0.148 e. The molecule has 3 heterocycles. The Hall–Kier alpha value is -1.41. The third-order valence-electron chi connectivity index (χ3n) is 5.05. The van der Waals surface area contributed by atoms with Crippen molar-refractivity contribution in [1.82, 2.24) is 14.9 Å². The van der Waals surface area contributed by atoms with Crippen molar-refractivity contribution in [2.24, 2.45) is 0 Å². The topological polar surface area (TPSA) is 78.4 Å². The molecule has 2 aliphatic heterocycles. The van der Waals surface area contributed by atoms with E-state index in [0.29, 0.717) is 12.6 Å². The molecule has 0 aromatic carbocycles. The Bertz CT molecular complexity index is 653. The zero-order valence-corrected chi connectivity index (χ0v) is 15.8. The minimum absolute atomic E-state index is 0.246. The molecule has 0 unspecified atom stereocenters. The van der Waals surface area contributed by atoms with Crippen LogP contribution in [0.5, 0.6) is 0 Å². The Kier molecular flexibility index (Phi) is 6.11. The van der Waals surface area contributed by atoms with Crippen LogP contribution < -0.4 is 10.2 Å². The predicted octanol–water partition coefficient (Wildman–Crippen LogP) is 1.39. The molecule has 1 aromatic rings. The molecule has 0 spiro atoms. The molecule has 0 radical (unpaired) electrons. The van der Waals surface area contributed by atoms with Crippen LogP contribution in [-0.4, -0.2) is 74.1 Å². The highest BCUT2D eigenvalue weighted by atomic mass is 32.2. The Morgan fingerprint density at radius 2 is 1.84 bits per heavy atom. The lowest BCUT2D eigenvalue weighted by Crippen LogP contribution is -2.41. The van der Waals surface area contributed by atoms with Gasteiger partial charge in [-0.1, -0.05) is 0 Å². The number of piperidine rings is 2. The summed E-state index contributed by atoms with van der Waals surface area (Å²) < 4.78 is 22.6. The van der Waals surface area contributed by atoms with Crippen LogP contribution in [0.4, 0.5) is 11.6 Å². The molecule has 1 aromatic heterocycles. The molecule has 140 valence electrons. The van der Waals surface area contributed by atoms with Crippen LogP contribution >= 0.6 is 0 Å². The minimum Gasteiger partial charge on any atom is -0.367 e. The van der Waals surface area contributed by atoms with E-state index in [2.05, 4.69) is 31.2 Å². The van der Waals surface area contributed by atoms with Gasteiger partial charge in [-0.05, 0) is 32.1 Å². The first kappa shape index (κ1) is 18.4. The van der Waals surface area contributed by atoms with Crippen molar-refractivity contribution < 1.29 is 8.42 Å². The summed E-state index contributed by atoms with van der Waals surface area (Å²) in [5.74, 6) is 2.16. The molecule has 2 saturated heterocycles. The van der Waals surface area contributed by atoms with Gasteiger partial charge in [0.1, 0.15) is 27.8 Å². The van der Waals surface area contributed by atoms with Gasteiger partial charge >= 0.3 is 0 Å². The second kappa shape index (κ2) is 8.31. The summed E-state index contributed by atoms with van der Waals surface area (Å²) in [5.41, 5.74) is 0. The van der Waals surface area contributed by atoms with Crippen molar-refractivity contribution in [1.29, 1.82) is 0 Å². The maximum atomic E-state index is 11.3. The molecule has 1 N–H and O–H groups in total. The highest BCUT2D eigenvalue weighted by molar-refractivity contribution is 7.90. The van der Waals surface area contributed by atoms with Gasteiger partial charge in [0.15, 0.2) is 0 Å². The van der Waals surface area contributed by atoms with Crippen LogP contribution in [-0.2, 0) is 9.84 Å². The van der Waals surface area contributed by atoms with Gasteiger partial charge in [-0.2, -0.15) is 0 Å². The van der Waals surface area contributed by atoms with E-state index in [1.807, 2.05) is 0 Å². The van der Waals surface area contributed by atoms with Gasteiger partial charge in [0.2, 0.25) is 0 Å².